The predicted octanol–water partition coefficient (Wildman–Crippen LogP) is 0.997. The largest absolute Gasteiger partial charge is 0.327 e. The Kier molecular flexibility index (Phi) is 3.29. The molecule has 2 heterocycles. The third kappa shape index (κ3) is 2.51. The molecular formula is C10H17ClN4. The van der Waals surface area contributed by atoms with Crippen molar-refractivity contribution in [2.45, 2.75) is 25.4 Å². The SMILES string of the molecule is Cn1ncc(Cl)c1CN1CCC[C@@H](N)C1. The van der Waals surface area contributed by atoms with Crippen molar-refractivity contribution >= 4 is 11.6 Å². The van der Waals surface area contributed by atoms with Gasteiger partial charge in [-0.3, -0.25) is 9.58 Å². The Hall–Kier alpha value is -0.580. The molecular weight excluding hydrogens is 212 g/mol. The van der Waals surface area contributed by atoms with Crippen LogP contribution in [0.2, 0.25) is 5.02 Å². The molecule has 84 valence electrons. The molecule has 0 spiro atoms. The number of hydrogen-bond acceptors (Lipinski definition) is 3. The van der Waals surface area contributed by atoms with Gasteiger partial charge in [-0.05, 0) is 19.4 Å². The molecule has 1 aliphatic rings. The number of hydrogen-bond donors (Lipinski definition) is 1. The lowest BCUT2D eigenvalue weighted by atomic mass is 10.1. The van der Waals surface area contributed by atoms with E-state index in [0.717, 1.165) is 36.8 Å². The average Bonchev–Trinajstić information content (AvgIpc) is 2.50. The molecule has 0 saturated carbocycles. The van der Waals surface area contributed by atoms with E-state index in [1.54, 1.807) is 6.20 Å². The molecule has 1 atom stereocenters. The number of likely N-dealkylation sites (tertiary alicyclic amines) is 1. The quantitative estimate of drug-likeness (QED) is 0.822. The zero-order valence-corrected chi connectivity index (χ0v) is 9.74. The molecule has 0 aliphatic carbocycles. The van der Waals surface area contributed by atoms with Crippen molar-refractivity contribution < 1.29 is 0 Å². The van der Waals surface area contributed by atoms with Crippen molar-refractivity contribution in [1.29, 1.82) is 0 Å². The van der Waals surface area contributed by atoms with Gasteiger partial charge < -0.3 is 5.73 Å². The summed E-state index contributed by atoms with van der Waals surface area (Å²) in [5, 5.41) is 4.87. The molecule has 1 fully saturated rings. The second-order valence-electron chi connectivity index (χ2n) is 4.20. The monoisotopic (exact) mass is 228 g/mol. The van der Waals surface area contributed by atoms with E-state index in [4.69, 9.17) is 17.3 Å². The van der Waals surface area contributed by atoms with Crippen LogP contribution in [0.25, 0.3) is 0 Å². The van der Waals surface area contributed by atoms with E-state index in [1.165, 1.54) is 6.42 Å². The maximum absolute atomic E-state index is 6.06. The van der Waals surface area contributed by atoms with Gasteiger partial charge in [0.15, 0.2) is 0 Å². The normalized spacial score (nSPS) is 23.3. The molecule has 1 saturated heterocycles. The molecule has 5 heteroatoms. The lowest BCUT2D eigenvalue weighted by Crippen LogP contribution is -2.42. The molecule has 2 rings (SSSR count). The van der Waals surface area contributed by atoms with Gasteiger partial charge in [-0.2, -0.15) is 5.10 Å². The Labute approximate surface area is 95.0 Å². The predicted molar refractivity (Wildman–Crippen MR) is 60.7 cm³/mol. The van der Waals surface area contributed by atoms with E-state index in [-0.39, 0.29) is 0 Å². The summed E-state index contributed by atoms with van der Waals surface area (Å²) in [5.41, 5.74) is 7.01. The van der Waals surface area contributed by atoms with Gasteiger partial charge in [-0.1, -0.05) is 11.6 Å². The van der Waals surface area contributed by atoms with Crippen LogP contribution >= 0.6 is 11.6 Å². The van der Waals surface area contributed by atoms with E-state index in [2.05, 4.69) is 10.00 Å². The fraction of sp³-hybridized carbons (Fsp3) is 0.700. The van der Waals surface area contributed by atoms with Crippen molar-refractivity contribution in [3.05, 3.63) is 16.9 Å². The van der Waals surface area contributed by atoms with Gasteiger partial charge in [0.2, 0.25) is 0 Å². The summed E-state index contributed by atoms with van der Waals surface area (Å²) in [6.45, 7) is 2.92. The minimum atomic E-state index is 0.311. The van der Waals surface area contributed by atoms with Crippen molar-refractivity contribution in [2.24, 2.45) is 12.8 Å². The summed E-state index contributed by atoms with van der Waals surface area (Å²) in [7, 11) is 1.92. The molecule has 0 bridgehead atoms. The average molecular weight is 229 g/mol. The number of nitrogens with two attached hydrogens (primary N) is 1. The van der Waals surface area contributed by atoms with Crippen LogP contribution in [-0.2, 0) is 13.6 Å². The van der Waals surface area contributed by atoms with Gasteiger partial charge in [0.25, 0.3) is 0 Å². The molecule has 2 N–H and O–H groups in total. The number of aromatic nitrogens is 2. The Balaban J connectivity index is 2.02. The third-order valence-corrected chi connectivity index (χ3v) is 3.24. The highest BCUT2D eigenvalue weighted by Gasteiger charge is 2.18. The van der Waals surface area contributed by atoms with Crippen LogP contribution in [0.15, 0.2) is 6.20 Å². The Morgan fingerprint density at radius 2 is 2.47 bits per heavy atom. The second-order valence-corrected chi connectivity index (χ2v) is 4.61. The summed E-state index contributed by atoms with van der Waals surface area (Å²) in [4.78, 5) is 2.34. The Bertz CT molecular complexity index is 317. The minimum absolute atomic E-state index is 0.311. The van der Waals surface area contributed by atoms with Crippen molar-refractivity contribution in [1.82, 2.24) is 14.7 Å². The summed E-state index contributed by atoms with van der Waals surface area (Å²) in [6, 6.07) is 0.311. The fourth-order valence-electron chi connectivity index (χ4n) is 2.06. The van der Waals surface area contributed by atoms with Crippen molar-refractivity contribution in [3.63, 3.8) is 0 Å². The zero-order valence-electron chi connectivity index (χ0n) is 8.99. The standard InChI is InChI=1S/C10H17ClN4/c1-14-10(9(11)5-13-14)7-15-4-2-3-8(12)6-15/h5,8H,2-4,6-7,12H2,1H3/t8-/m1/s1. The summed E-state index contributed by atoms with van der Waals surface area (Å²) in [5.74, 6) is 0. The van der Waals surface area contributed by atoms with E-state index >= 15 is 0 Å². The van der Waals surface area contributed by atoms with Gasteiger partial charge >= 0.3 is 0 Å². The van der Waals surface area contributed by atoms with Crippen molar-refractivity contribution in [2.75, 3.05) is 13.1 Å². The van der Waals surface area contributed by atoms with E-state index in [9.17, 15) is 0 Å². The molecule has 1 aliphatic heterocycles. The van der Waals surface area contributed by atoms with E-state index in [0.29, 0.717) is 6.04 Å². The van der Waals surface area contributed by atoms with Crippen LogP contribution in [0, 0.1) is 0 Å². The molecule has 0 unspecified atom stereocenters. The molecule has 1 aromatic rings. The van der Waals surface area contributed by atoms with Crippen LogP contribution in [0.4, 0.5) is 0 Å². The van der Waals surface area contributed by atoms with Crippen molar-refractivity contribution in [3.8, 4) is 0 Å². The fourth-order valence-corrected chi connectivity index (χ4v) is 2.29. The first kappa shape index (κ1) is 10.9. The lowest BCUT2D eigenvalue weighted by molar-refractivity contribution is 0.197. The van der Waals surface area contributed by atoms with Crippen LogP contribution in [-0.4, -0.2) is 33.8 Å². The summed E-state index contributed by atoms with van der Waals surface area (Å²) < 4.78 is 1.84. The maximum atomic E-state index is 6.06. The number of halogens is 1. The summed E-state index contributed by atoms with van der Waals surface area (Å²) >= 11 is 6.06. The first-order valence-electron chi connectivity index (χ1n) is 5.31. The molecule has 4 nitrogen and oxygen atoms in total. The Morgan fingerprint density at radius 3 is 3.07 bits per heavy atom. The number of rotatable bonds is 2. The number of piperidine rings is 1. The minimum Gasteiger partial charge on any atom is -0.327 e. The number of nitrogens with zero attached hydrogens (tertiary/aromatic N) is 3. The Morgan fingerprint density at radius 1 is 1.67 bits per heavy atom. The first-order valence-corrected chi connectivity index (χ1v) is 5.69. The lowest BCUT2D eigenvalue weighted by Gasteiger charge is -2.30. The van der Waals surface area contributed by atoms with Crippen LogP contribution < -0.4 is 5.73 Å². The van der Waals surface area contributed by atoms with Gasteiger partial charge in [-0.25, -0.2) is 0 Å². The topological polar surface area (TPSA) is 47.1 Å². The highest BCUT2D eigenvalue weighted by molar-refractivity contribution is 6.31. The molecule has 1 aromatic heterocycles. The molecule has 0 amide bonds. The van der Waals surface area contributed by atoms with Gasteiger partial charge in [-0.15, -0.1) is 0 Å². The third-order valence-electron chi connectivity index (χ3n) is 2.93. The van der Waals surface area contributed by atoms with Gasteiger partial charge in [0.05, 0.1) is 16.9 Å². The van der Waals surface area contributed by atoms with Gasteiger partial charge in [0, 0.05) is 26.2 Å². The van der Waals surface area contributed by atoms with E-state index < -0.39 is 0 Å². The first-order chi connectivity index (χ1) is 7.16. The molecule has 0 radical (unpaired) electrons. The second kappa shape index (κ2) is 4.51. The van der Waals surface area contributed by atoms with Crippen LogP contribution in [0.1, 0.15) is 18.5 Å². The zero-order chi connectivity index (χ0) is 10.8. The maximum Gasteiger partial charge on any atom is 0.0831 e. The summed E-state index contributed by atoms with van der Waals surface area (Å²) in [6.07, 6.45) is 4.01. The number of aryl methyl sites for hydroxylation is 1. The van der Waals surface area contributed by atoms with Gasteiger partial charge in [0.1, 0.15) is 0 Å². The molecule has 0 aromatic carbocycles. The highest BCUT2D eigenvalue weighted by atomic mass is 35.5. The smallest absolute Gasteiger partial charge is 0.0831 e. The van der Waals surface area contributed by atoms with Crippen LogP contribution in [0.5, 0.6) is 0 Å². The highest BCUT2D eigenvalue weighted by Crippen LogP contribution is 2.18. The molecule has 15 heavy (non-hydrogen) atoms. The van der Waals surface area contributed by atoms with E-state index in [1.807, 2.05) is 11.7 Å². The van der Waals surface area contributed by atoms with Crippen LogP contribution in [0.3, 0.4) is 0 Å².